The Balaban J connectivity index is 1.61. The van der Waals surface area contributed by atoms with Gasteiger partial charge in [0, 0.05) is 41.3 Å². The highest BCUT2D eigenvalue weighted by Crippen LogP contribution is 2.33. The minimum absolute atomic E-state index is 0.0287. The van der Waals surface area contributed by atoms with Crippen LogP contribution in [0.3, 0.4) is 0 Å². The molecule has 1 aliphatic rings. The van der Waals surface area contributed by atoms with Gasteiger partial charge in [-0.15, -0.1) is 0 Å². The lowest BCUT2D eigenvalue weighted by Gasteiger charge is -2.23. The summed E-state index contributed by atoms with van der Waals surface area (Å²) >= 11 is 1.53. The van der Waals surface area contributed by atoms with Crippen molar-refractivity contribution in [1.29, 1.82) is 0 Å². The van der Waals surface area contributed by atoms with Gasteiger partial charge in [0.05, 0.1) is 4.92 Å². The average Bonchev–Trinajstić information content (AvgIpc) is 3.19. The minimum Gasteiger partial charge on any atom is -0.445 e. The molecule has 1 fully saturated rings. The van der Waals surface area contributed by atoms with E-state index in [9.17, 15) is 28.5 Å². The van der Waals surface area contributed by atoms with Gasteiger partial charge in [-0.3, -0.25) is 14.9 Å². The van der Waals surface area contributed by atoms with Crippen LogP contribution in [0.4, 0.5) is 19.3 Å². The van der Waals surface area contributed by atoms with Gasteiger partial charge >= 0.3 is 6.09 Å². The van der Waals surface area contributed by atoms with E-state index >= 15 is 0 Å². The maximum atomic E-state index is 12.7. The molecule has 0 spiro atoms. The van der Waals surface area contributed by atoms with E-state index in [1.165, 1.54) is 29.2 Å². The summed E-state index contributed by atoms with van der Waals surface area (Å²) in [6.07, 6.45) is -0.270. The molecule has 0 aliphatic carbocycles. The van der Waals surface area contributed by atoms with Crippen LogP contribution in [0, 0.1) is 10.1 Å². The second-order valence-corrected chi connectivity index (χ2v) is 9.30. The number of hydrogen-bond donors (Lipinski definition) is 0. The summed E-state index contributed by atoms with van der Waals surface area (Å²) in [6, 6.07) is 13.8. The van der Waals surface area contributed by atoms with E-state index < -0.39 is 22.8 Å². The van der Waals surface area contributed by atoms with Gasteiger partial charge in [-0.05, 0) is 24.1 Å². The number of ether oxygens (including phenoxy) is 1. The van der Waals surface area contributed by atoms with Crippen molar-refractivity contribution in [1.82, 2.24) is 4.90 Å². The molecule has 0 N–H and O–H groups in total. The smallest absolute Gasteiger partial charge is 0.410 e. The molecule has 1 aliphatic heterocycles. The number of nitro benzene ring substituents is 1. The van der Waals surface area contributed by atoms with Crippen LogP contribution < -0.4 is 0 Å². The maximum Gasteiger partial charge on any atom is 0.410 e. The van der Waals surface area contributed by atoms with E-state index in [4.69, 9.17) is 4.74 Å². The molecule has 2 aromatic rings. The van der Waals surface area contributed by atoms with Crippen LogP contribution in [0.15, 0.2) is 54.6 Å². The van der Waals surface area contributed by atoms with Crippen molar-refractivity contribution in [3.63, 3.8) is 0 Å². The van der Waals surface area contributed by atoms with E-state index in [1.807, 2.05) is 0 Å². The Hall–Kier alpha value is -2.66. The van der Waals surface area contributed by atoms with E-state index in [0.717, 1.165) is 11.8 Å². The number of alkyl halides is 2. The zero-order valence-corrected chi connectivity index (χ0v) is 18.4. The monoisotopic (exact) mass is 482 g/mol. The molecule has 0 saturated carbocycles. The third kappa shape index (κ3) is 6.67. The fourth-order valence-corrected chi connectivity index (χ4v) is 5.07. The molecule has 170 valence electrons. The highest BCUT2D eigenvalue weighted by atomic mass is 32.2. The Labute approximate surface area is 191 Å². The standard InChI is InChI=1S/C21H20F2N2O5S2/c22-20(23)31-13-17-10-18(32-19(26)15-4-2-1-3-5-15)11-24(17)21(27)30-12-14-6-8-16(9-7-14)25(28)29/h1-9,17-18,20H,10-13H2/t17-,18-/m0/s1. The van der Waals surface area contributed by atoms with Crippen LogP contribution in [0.5, 0.6) is 0 Å². The number of amides is 1. The van der Waals surface area contributed by atoms with Gasteiger partial charge in [0.25, 0.3) is 11.4 Å². The summed E-state index contributed by atoms with van der Waals surface area (Å²) in [4.78, 5) is 36.7. The average molecular weight is 483 g/mol. The number of carbonyl (C=O) groups excluding carboxylic acids is 2. The van der Waals surface area contributed by atoms with Crippen molar-refractivity contribution in [2.75, 3.05) is 12.3 Å². The number of halogens is 2. The number of non-ortho nitro benzene ring substituents is 1. The van der Waals surface area contributed by atoms with Crippen LogP contribution in [-0.2, 0) is 11.3 Å². The molecule has 11 heteroatoms. The van der Waals surface area contributed by atoms with Crippen molar-refractivity contribution in [2.24, 2.45) is 0 Å². The van der Waals surface area contributed by atoms with Crippen LogP contribution in [0.2, 0.25) is 0 Å². The fourth-order valence-electron chi connectivity index (χ4n) is 3.26. The largest absolute Gasteiger partial charge is 0.445 e. The van der Waals surface area contributed by atoms with E-state index in [0.29, 0.717) is 29.3 Å². The highest BCUT2D eigenvalue weighted by molar-refractivity contribution is 8.14. The SMILES string of the molecule is O=C(S[C@H]1C[C@@H](CSC(F)F)N(C(=O)OCc2ccc([N+](=O)[O-])cc2)C1)c1ccccc1. The maximum absolute atomic E-state index is 12.7. The molecule has 1 heterocycles. The van der Waals surface area contributed by atoms with E-state index in [2.05, 4.69) is 0 Å². The third-order valence-electron chi connectivity index (χ3n) is 4.82. The number of hydrogen-bond acceptors (Lipinski definition) is 7. The molecule has 7 nitrogen and oxygen atoms in total. The van der Waals surface area contributed by atoms with Crippen LogP contribution >= 0.6 is 23.5 Å². The first-order chi connectivity index (χ1) is 15.3. The second-order valence-electron chi connectivity index (χ2n) is 7.01. The summed E-state index contributed by atoms with van der Waals surface area (Å²) < 4.78 is 30.8. The molecule has 3 rings (SSSR count). The Morgan fingerprint density at radius 1 is 1.16 bits per heavy atom. The first-order valence-electron chi connectivity index (χ1n) is 9.66. The van der Waals surface area contributed by atoms with Crippen LogP contribution in [0.1, 0.15) is 22.3 Å². The number of carbonyl (C=O) groups is 2. The number of nitrogens with zero attached hydrogens (tertiary/aromatic N) is 2. The van der Waals surface area contributed by atoms with Crippen molar-refractivity contribution in [3.05, 3.63) is 75.8 Å². The zero-order chi connectivity index (χ0) is 23.1. The number of benzene rings is 2. The Bertz CT molecular complexity index is 947. The fraction of sp³-hybridized carbons (Fsp3) is 0.333. The first kappa shape index (κ1) is 24.0. The lowest BCUT2D eigenvalue weighted by atomic mass is 10.2. The quantitative estimate of drug-likeness (QED) is 0.377. The summed E-state index contributed by atoms with van der Waals surface area (Å²) in [7, 11) is 0. The summed E-state index contributed by atoms with van der Waals surface area (Å²) in [5.41, 5.74) is 1.02. The molecule has 2 aromatic carbocycles. The molecule has 0 unspecified atom stereocenters. The van der Waals surface area contributed by atoms with E-state index in [1.54, 1.807) is 30.3 Å². The Morgan fingerprint density at radius 3 is 2.47 bits per heavy atom. The predicted molar refractivity (Wildman–Crippen MR) is 119 cm³/mol. The van der Waals surface area contributed by atoms with E-state index in [-0.39, 0.29) is 35.0 Å². The lowest BCUT2D eigenvalue weighted by Crippen LogP contribution is -2.37. The summed E-state index contributed by atoms with van der Waals surface area (Å²) in [5.74, 6) is -2.54. The number of rotatable bonds is 8. The van der Waals surface area contributed by atoms with Crippen LogP contribution in [-0.4, -0.2) is 50.4 Å². The van der Waals surface area contributed by atoms with Gasteiger partial charge < -0.3 is 9.64 Å². The molecule has 0 bridgehead atoms. The Morgan fingerprint density at radius 2 is 1.84 bits per heavy atom. The molecule has 0 aromatic heterocycles. The number of likely N-dealkylation sites (tertiary alicyclic amines) is 1. The van der Waals surface area contributed by atoms with Gasteiger partial charge in [-0.1, -0.05) is 53.9 Å². The third-order valence-corrected chi connectivity index (χ3v) is 6.77. The molecule has 1 saturated heterocycles. The lowest BCUT2D eigenvalue weighted by molar-refractivity contribution is -0.384. The number of nitro groups is 1. The Kier molecular flexibility index (Phi) is 8.46. The van der Waals surface area contributed by atoms with Crippen LogP contribution in [0.25, 0.3) is 0 Å². The van der Waals surface area contributed by atoms with Gasteiger partial charge in [-0.2, -0.15) is 8.78 Å². The summed E-state index contributed by atoms with van der Waals surface area (Å²) in [5, 5.41) is 10.3. The van der Waals surface area contributed by atoms with Crippen molar-refractivity contribution < 1.29 is 28.0 Å². The first-order valence-corrected chi connectivity index (χ1v) is 11.6. The van der Waals surface area contributed by atoms with Gasteiger partial charge in [0.1, 0.15) is 6.61 Å². The molecular weight excluding hydrogens is 462 g/mol. The minimum atomic E-state index is -2.56. The molecule has 1 amide bonds. The van der Waals surface area contributed by atoms with Gasteiger partial charge in [0.15, 0.2) is 0 Å². The normalized spacial score (nSPS) is 18.0. The highest BCUT2D eigenvalue weighted by Gasteiger charge is 2.38. The molecule has 0 radical (unpaired) electrons. The van der Waals surface area contributed by atoms with Crippen molar-refractivity contribution >= 4 is 40.4 Å². The molecule has 32 heavy (non-hydrogen) atoms. The van der Waals surface area contributed by atoms with Crippen molar-refractivity contribution in [3.8, 4) is 0 Å². The molecule has 2 atom stereocenters. The topological polar surface area (TPSA) is 89.8 Å². The predicted octanol–water partition coefficient (Wildman–Crippen LogP) is 5.20. The molecular formula is C21H20F2N2O5S2. The van der Waals surface area contributed by atoms with Gasteiger partial charge in [0.2, 0.25) is 5.12 Å². The summed E-state index contributed by atoms with van der Waals surface area (Å²) in [6.45, 7) is 0.0968. The second kappa shape index (κ2) is 11.3. The zero-order valence-electron chi connectivity index (χ0n) is 16.8. The van der Waals surface area contributed by atoms with Crippen molar-refractivity contribution in [2.45, 2.75) is 30.1 Å². The number of thioether (sulfide) groups is 2. The van der Waals surface area contributed by atoms with Gasteiger partial charge in [-0.25, -0.2) is 4.79 Å².